The molecular formula is C13H14N2O3S. The normalized spacial score (nSPS) is 15.3. The van der Waals surface area contributed by atoms with Crippen LogP contribution in [0.15, 0.2) is 35.2 Å². The van der Waals surface area contributed by atoms with Crippen LogP contribution in [0.2, 0.25) is 0 Å². The van der Waals surface area contributed by atoms with Gasteiger partial charge in [0.25, 0.3) is 0 Å². The summed E-state index contributed by atoms with van der Waals surface area (Å²) < 4.78 is 0. The van der Waals surface area contributed by atoms with E-state index in [0.717, 1.165) is 4.90 Å². The third-order valence-corrected chi connectivity index (χ3v) is 3.64. The summed E-state index contributed by atoms with van der Waals surface area (Å²) in [4.78, 5) is 36.6. The summed E-state index contributed by atoms with van der Waals surface area (Å²) in [6, 6.07) is 9.78. The lowest BCUT2D eigenvalue weighted by Gasteiger charge is -2.25. The Morgan fingerprint density at radius 3 is 2.42 bits per heavy atom. The molecule has 1 saturated heterocycles. The summed E-state index contributed by atoms with van der Waals surface area (Å²) in [5.41, 5.74) is 0. The molecule has 0 atom stereocenters. The average Bonchev–Trinajstić information content (AvgIpc) is 2.38. The van der Waals surface area contributed by atoms with Crippen LogP contribution in [-0.4, -0.2) is 41.5 Å². The fraction of sp³-hybridized carbons (Fsp3) is 0.308. The highest BCUT2D eigenvalue weighted by atomic mass is 32.2. The Bertz CT molecular complexity index is 474. The maximum atomic E-state index is 11.9. The minimum absolute atomic E-state index is 0.0272. The molecule has 1 N–H and O–H groups in total. The summed E-state index contributed by atoms with van der Waals surface area (Å²) in [5.74, 6) is -0.359. The Balaban J connectivity index is 1.78. The second kappa shape index (κ2) is 6.38. The lowest BCUT2D eigenvalue weighted by Crippen LogP contribution is -2.53. The topological polar surface area (TPSA) is 66.5 Å². The highest BCUT2D eigenvalue weighted by Gasteiger charge is 2.25. The van der Waals surface area contributed by atoms with E-state index in [-0.39, 0.29) is 19.0 Å². The van der Waals surface area contributed by atoms with Gasteiger partial charge in [0.05, 0.1) is 0 Å². The Labute approximate surface area is 115 Å². The van der Waals surface area contributed by atoms with Gasteiger partial charge < -0.3 is 4.90 Å². The van der Waals surface area contributed by atoms with Crippen LogP contribution in [0, 0.1) is 0 Å². The van der Waals surface area contributed by atoms with Crippen molar-refractivity contribution in [3.63, 3.8) is 0 Å². The number of rotatable bonds is 4. The molecule has 0 saturated carbocycles. The van der Waals surface area contributed by atoms with E-state index >= 15 is 0 Å². The molecule has 1 aliphatic rings. The number of amides is 3. The van der Waals surface area contributed by atoms with Gasteiger partial charge in [-0.3, -0.25) is 19.7 Å². The van der Waals surface area contributed by atoms with Gasteiger partial charge in [-0.1, -0.05) is 18.2 Å². The van der Waals surface area contributed by atoms with Crippen LogP contribution in [-0.2, 0) is 14.4 Å². The minimum Gasteiger partial charge on any atom is -0.324 e. The summed E-state index contributed by atoms with van der Waals surface area (Å²) in [6.45, 7) is -0.0544. The average molecular weight is 278 g/mol. The summed E-state index contributed by atoms with van der Waals surface area (Å²) >= 11 is 1.58. The number of imide groups is 1. The van der Waals surface area contributed by atoms with E-state index in [0.29, 0.717) is 12.2 Å². The van der Waals surface area contributed by atoms with Gasteiger partial charge in [0.1, 0.15) is 13.1 Å². The lowest BCUT2D eigenvalue weighted by molar-refractivity contribution is -0.145. The molecule has 1 fully saturated rings. The van der Waals surface area contributed by atoms with Crippen LogP contribution in [0.3, 0.4) is 0 Å². The molecule has 6 heteroatoms. The first-order valence-corrected chi connectivity index (χ1v) is 6.92. The van der Waals surface area contributed by atoms with E-state index in [4.69, 9.17) is 0 Å². The Hall–Kier alpha value is -1.82. The van der Waals surface area contributed by atoms with Crippen molar-refractivity contribution in [1.82, 2.24) is 10.2 Å². The van der Waals surface area contributed by atoms with Crippen molar-refractivity contribution >= 4 is 29.5 Å². The van der Waals surface area contributed by atoms with Gasteiger partial charge in [0, 0.05) is 17.1 Å². The van der Waals surface area contributed by atoms with E-state index in [1.807, 2.05) is 30.3 Å². The number of nitrogens with one attached hydrogen (secondary N) is 1. The van der Waals surface area contributed by atoms with Crippen molar-refractivity contribution in [1.29, 1.82) is 0 Å². The fourth-order valence-corrected chi connectivity index (χ4v) is 2.61. The lowest BCUT2D eigenvalue weighted by atomic mass is 10.3. The minimum atomic E-state index is -0.416. The van der Waals surface area contributed by atoms with E-state index in [1.54, 1.807) is 11.8 Å². The maximum absolute atomic E-state index is 11.9. The van der Waals surface area contributed by atoms with E-state index in [2.05, 4.69) is 5.32 Å². The molecule has 1 aromatic rings. The standard InChI is InChI=1S/C13H14N2O3S/c16-11-8-15(9-12(17)14-11)13(18)6-7-19-10-4-2-1-3-5-10/h1-5H,6-9H2,(H,14,16,17). The van der Waals surface area contributed by atoms with E-state index < -0.39 is 11.8 Å². The van der Waals surface area contributed by atoms with Crippen molar-refractivity contribution in [2.24, 2.45) is 0 Å². The zero-order valence-corrected chi connectivity index (χ0v) is 11.1. The van der Waals surface area contributed by atoms with Crippen molar-refractivity contribution in [3.05, 3.63) is 30.3 Å². The number of hydrogen-bond donors (Lipinski definition) is 1. The van der Waals surface area contributed by atoms with Crippen molar-refractivity contribution in [3.8, 4) is 0 Å². The van der Waals surface area contributed by atoms with Gasteiger partial charge in [0.15, 0.2) is 0 Å². The highest BCUT2D eigenvalue weighted by Crippen LogP contribution is 2.18. The second-order valence-electron chi connectivity index (χ2n) is 4.13. The van der Waals surface area contributed by atoms with Crippen LogP contribution < -0.4 is 5.32 Å². The second-order valence-corrected chi connectivity index (χ2v) is 5.30. The smallest absolute Gasteiger partial charge is 0.246 e. The quantitative estimate of drug-likeness (QED) is 0.649. The maximum Gasteiger partial charge on any atom is 0.246 e. The van der Waals surface area contributed by atoms with Crippen LogP contribution >= 0.6 is 11.8 Å². The number of benzene rings is 1. The molecule has 5 nitrogen and oxygen atoms in total. The number of carbonyl (C=O) groups excluding carboxylic acids is 3. The molecular weight excluding hydrogens is 264 g/mol. The zero-order valence-electron chi connectivity index (χ0n) is 10.3. The van der Waals surface area contributed by atoms with Gasteiger partial charge >= 0.3 is 0 Å². The van der Waals surface area contributed by atoms with Crippen LogP contribution in [0.1, 0.15) is 6.42 Å². The molecule has 2 rings (SSSR count). The first kappa shape index (κ1) is 13.6. The van der Waals surface area contributed by atoms with E-state index in [9.17, 15) is 14.4 Å². The molecule has 0 aliphatic carbocycles. The molecule has 100 valence electrons. The molecule has 0 spiro atoms. The van der Waals surface area contributed by atoms with Crippen LogP contribution in [0.25, 0.3) is 0 Å². The predicted molar refractivity (Wildman–Crippen MR) is 71.5 cm³/mol. The molecule has 0 unspecified atom stereocenters. The molecule has 3 amide bonds. The van der Waals surface area contributed by atoms with Gasteiger partial charge in [-0.05, 0) is 12.1 Å². The van der Waals surface area contributed by atoms with Gasteiger partial charge in [-0.15, -0.1) is 11.8 Å². The van der Waals surface area contributed by atoms with Gasteiger partial charge in [-0.25, -0.2) is 0 Å². The van der Waals surface area contributed by atoms with Crippen LogP contribution in [0.5, 0.6) is 0 Å². The highest BCUT2D eigenvalue weighted by molar-refractivity contribution is 7.99. The van der Waals surface area contributed by atoms with Gasteiger partial charge in [0.2, 0.25) is 17.7 Å². The number of piperazine rings is 1. The molecule has 0 bridgehead atoms. The number of carbonyl (C=O) groups is 3. The SMILES string of the molecule is O=C1CN(C(=O)CCSc2ccccc2)CC(=O)N1. The molecule has 19 heavy (non-hydrogen) atoms. The third kappa shape index (κ3) is 4.10. The Morgan fingerprint density at radius 1 is 1.16 bits per heavy atom. The predicted octanol–water partition coefficient (Wildman–Crippen LogP) is 0.654. The monoisotopic (exact) mass is 278 g/mol. The molecule has 0 aromatic heterocycles. The number of hydrogen-bond acceptors (Lipinski definition) is 4. The molecule has 1 aliphatic heterocycles. The van der Waals surface area contributed by atoms with Gasteiger partial charge in [-0.2, -0.15) is 0 Å². The summed E-state index contributed by atoms with van der Waals surface area (Å²) in [5, 5.41) is 2.17. The largest absolute Gasteiger partial charge is 0.324 e. The molecule has 0 radical (unpaired) electrons. The number of nitrogens with zero attached hydrogens (tertiary/aromatic N) is 1. The van der Waals surface area contributed by atoms with E-state index in [1.165, 1.54) is 4.90 Å². The zero-order chi connectivity index (χ0) is 13.7. The van der Waals surface area contributed by atoms with Crippen molar-refractivity contribution < 1.29 is 14.4 Å². The Kier molecular flexibility index (Phi) is 4.57. The third-order valence-electron chi connectivity index (χ3n) is 2.63. The fourth-order valence-electron chi connectivity index (χ4n) is 1.74. The summed E-state index contributed by atoms with van der Waals surface area (Å²) in [7, 11) is 0. The summed E-state index contributed by atoms with van der Waals surface area (Å²) in [6.07, 6.45) is 0.320. The molecule has 1 heterocycles. The van der Waals surface area contributed by atoms with Crippen molar-refractivity contribution in [2.45, 2.75) is 11.3 Å². The Morgan fingerprint density at radius 2 is 1.79 bits per heavy atom. The first-order chi connectivity index (χ1) is 9.15. The van der Waals surface area contributed by atoms with Crippen LogP contribution in [0.4, 0.5) is 0 Å². The molecule has 1 aromatic carbocycles. The van der Waals surface area contributed by atoms with Crippen molar-refractivity contribution in [2.75, 3.05) is 18.8 Å². The number of thioether (sulfide) groups is 1. The first-order valence-electron chi connectivity index (χ1n) is 5.93.